The van der Waals surface area contributed by atoms with Gasteiger partial charge in [-0.3, -0.25) is 5.73 Å². The molecule has 4 rings (SSSR count). The number of hydrogen-bond acceptors (Lipinski definition) is 4. The standard InChI is InChI=1S/C21H29F3N6/c1-12(14-6-3-7-14)21(25)29-18(16-10-5-11-17(27-16)20(22,23)24)28-19(30-21)26-13(2)15-8-4-9-15/h5,10-15H,3-4,6-9,25H2,1-2H3,(H2,26,28,29,30)/t12-,13-,21?/m1/s1. The molecule has 0 aromatic carbocycles. The maximum absolute atomic E-state index is 13.2. The Balaban J connectivity index is 1.68. The summed E-state index contributed by atoms with van der Waals surface area (Å²) in [5.41, 5.74) is 5.83. The van der Waals surface area contributed by atoms with Crippen molar-refractivity contribution in [2.45, 2.75) is 70.4 Å². The van der Waals surface area contributed by atoms with Crippen molar-refractivity contribution in [3.05, 3.63) is 29.6 Å². The summed E-state index contributed by atoms with van der Waals surface area (Å²) in [6, 6.07) is 3.88. The maximum Gasteiger partial charge on any atom is 0.433 e. The van der Waals surface area contributed by atoms with Gasteiger partial charge in [0.05, 0.1) is 6.04 Å². The smallest absolute Gasteiger partial charge is 0.319 e. The molecule has 6 nitrogen and oxygen atoms in total. The first-order chi connectivity index (χ1) is 14.2. The van der Waals surface area contributed by atoms with Crippen LogP contribution in [-0.2, 0) is 6.18 Å². The molecule has 0 spiro atoms. The summed E-state index contributed by atoms with van der Waals surface area (Å²) in [6.07, 6.45) is 2.27. The molecule has 2 aliphatic carbocycles. The molecule has 9 heteroatoms. The highest BCUT2D eigenvalue weighted by Crippen LogP contribution is 2.38. The van der Waals surface area contributed by atoms with E-state index in [2.05, 4.69) is 27.5 Å². The summed E-state index contributed by atoms with van der Waals surface area (Å²) in [4.78, 5) is 13.2. The van der Waals surface area contributed by atoms with Crippen LogP contribution in [0.1, 0.15) is 63.8 Å². The van der Waals surface area contributed by atoms with Crippen LogP contribution in [0.15, 0.2) is 28.2 Å². The number of rotatable bonds is 5. The van der Waals surface area contributed by atoms with Crippen LogP contribution < -0.4 is 16.4 Å². The highest BCUT2D eigenvalue weighted by molar-refractivity contribution is 6.09. The minimum absolute atomic E-state index is 0.00152. The van der Waals surface area contributed by atoms with Crippen molar-refractivity contribution in [2.24, 2.45) is 33.5 Å². The van der Waals surface area contributed by atoms with E-state index in [0.717, 1.165) is 38.2 Å². The van der Waals surface area contributed by atoms with Crippen LogP contribution in [0, 0.1) is 17.8 Å². The molecule has 0 bridgehead atoms. The largest absolute Gasteiger partial charge is 0.433 e. The van der Waals surface area contributed by atoms with Gasteiger partial charge < -0.3 is 10.6 Å². The molecule has 0 radical (unpaired) electrons. The summed E-state index contributed by atoms with van der Waals surface area (Å²) < 4.78 is 39.5. The number of guanidine groups is 1. The van der Waals surface area contributed by atoms with E-state index in [-0.39, 0.29) is 23.5 Å². The first kappa shape index (κ1) is 21.1. The fraction of sp³-hybridized carbons (Fsp3) is 0.667. The molecule has 2 fully saturated rings. The molecule has 1 unspecified atom stereocenters. The van der Waals surface area contributed by atoms with E-state index in [1.807, 2.05) is 6.92 Å². The van der Waals surface area contributed by atoms with E-state index in [1.54, 1.807) is 0 Å². The number of aromatic nitrogens is 1. The van der Waals surface area contributed by atoms with Crippen LogP contribution in [0.3, 0.4) is 0 Å². The number of halogens is 3. The Kier molecular flexibility index (Phi) is 5.50. The summed E-state index contributed by atoms with van der Waals surface area (Å²) in [5.74, 6) is 0.454. The number of pyridine rings is 1. The lowest BCUT2D eigenvalue weighted by atomic mass is 9.73. The number of aliphatic imine (C=N–C) groups is 2. The number of hydrogen-bond donors (Lipinski definition) is 3. The third-order valence-corrected chi connectivity index (χ3v) is 6.85. The molecule has 0 amide bonds. The fourth-order valence-electron chi connectivity index (χ4n) is 4.23. The first-order valence-electron chi connectivity index (χ1n) is 10.7. The Morgan fingerprint density at radius 1 is 1.13 bits per heavy atom. The van der Waals surface area contributed by atoms with Crippen LogP contribution in [0.2, 0.25) is 0 Å². The zero-order valence-corrected chi connectivity index (χ0v) is 17.3. The molecular weight excluding hydrogens is 393 g/mol. The van der Waals surface area contributed by atoms with Gasteiger partial charge in [0, 0.05) is 5.92 Å². The molecule has 1 aromatic heterocycles. The summed E-state index contributed by atoms with van der Waals surface area (Å²) in [6.45, 7) is 4.09. The van der Waals surface area contributed by atoms with E-state index in [0.29, 0.717) is 17.8 Å². The van der Waals surface area contributed by atoms with Gasteiger partial charge in [-0.1, -0.05) is 25.8 Å². The van der Waals surface area contributed by atoms with Crippen molar-refractivity contribution in [3.63, 3.8) is 0 Å². The highest BCUT2D eigenvalue weighted by atomic mass is 19.4. The summed E-state index contributed by atoms with van der Waals surface area (Å²) in [7, 11) is 0. The normalized spacial score (nSPS) is 28.6. The van der Waals surface area contributed by atoms with Crippen molar-refractivity contribution in [2.75, 3.05) is 0 Å². The molecule has 3 atom stereocenters. The van der Waals surface area contributed by atoms with E-state index in [9.17, 15) is 13.2 Å². The van der Waals surface area contributed by atoms with Crippen molar-refractivity contribution < 1.29 is 13.2 Å². The average Bonchev–Trinajstić information content (AvgIpc) is 2.57. The van der Waals surface area contributed by atoms with Crippen LogP contribution in [0.4, 0.5) is 13.2 Å². The van der Waals surface area contributed by atoms with E-state index in [4.69, 9.17) is 10.7 Å². The predicted molar refractivity (Wildman–Crippen MR) is 110 cm³/mol. The second-order valence-corrected chi connectivity index (χ2v) is 8.83. The monoisotopic (exact) mass is 422 g/mol. The number of alkyl halides is 3. The molecule has 1 aliphatic heterocycles. The van der Waals surface area contributed by atoms with Gasteiger partial charge in [-0.2, -0.15) is 13.2 Å². The van der Waals surface area contributed by atoms with Gasteiger partial charge in [-0.15, -0.1) is 0 Å². The zero-order chi connectivity index (χ0) is 21.5. The molecule has 30 heavy (non-hydrogen) atoms. The van der Waals surface area contributed by atoms with Gasteiger partial charge in [-0.25, -0.2) is 15.0 Å². The summed E-state index contributed by atoms with van der Waals surface area (Å²) >= 11 is 0. The lowest BCUT2D eigenvalue weighted by Crippen LogP contribution is -2.68. The number of nitrogens with zero attached hydrogens (tertiary/aromatic N) is 3. The molecule has 1 aromatic rings. The number of nitrogens with two attached hydrogens (primary N) is 1. The quantitative estimate of drug-likeness (QED) is 0.676. The Hall–Kier alpha value is -2.16. The van der Waals surface area contributed by atoms with Gasteiger partial charge in [0.25, 0.3) is 0 Å². The fourth-order valence-corrected chi connectivity index (χ4v) is 4.23. The predicted octanol–water partition coefficient (Wildman–Crippen LogP) is 3.63. The third kappa shape index (κ3) is 4.17. The number of nitrogens with one attached hydrogen (secondary N) is 2. The van der Waals surface area contributed by atoms with Gasteiger partial charge in [0.1, 0.15) is 11.4 Å². The van der Waals surface area contributed by atoms with Crippen LogP contribution in [-0.4, -0.2) is 28.6 Å². The van der Waals surface area contributed by atoms with Gasteiger partial charge in [0.2, 0.25) is 0 Å². The number of amidine groups is 1. The second-order valence-electron chi connectivity index (χ2n) is 8.83. The Morgan fingerprint density at radius 2 is 1.80 bits per heavy atom. The SMILES string of the molecule is C[C@H](C1CCC1)C1(N)N=C(c2cccc(C(F)(F)F)n2)NC(=N[C@H](C)C2CCC2)N1. The maximum atomic E-state index is 13.2. The molecule has 0 saturated heterocycles. The lowest BCUT2D eigenvalue weighted by Gasteiger charge is -2.44. The van der Waals surface area contributed by atoms with E-state index >= 15 is 0 Å². The third-order valence-electron chi connectivity index (χ3n) is 6.85. The molecule has 2 heterocycles. The van der Waals surface area contributed by atoms with Crippen LogP contribution in [0.25, 0.3) is 0 Å². The zero-order valence-electron chi connectivity index (χ0n) is 17.3. The van der Waals surface area contributed by atoms with Gasteiger partial charge in [0.15, 0.2) is 17.6 Å². The minimum atomic E-state index is -4.53. The van der Waals surface area contributed by atoms with Crippen molar-refractivity contribution >= 4 is 11.8 Å². The topological polar surface area (TPSA) is 87.7 Å². The molecule has 2 saturated carbocycles. The van der Waals surface area contributed by atoms with Crippen molar-refractivity contribution in [1.82, 2.24) is 15.6 Å². The summed E-state index contributed by atoms with van der Waals surface area (Å²) in [5, 5.41) is 6.28. The molecule has 164 valence electrons. The second kappa shape index (κ2) is 7.83. The van der Waals surface area contributed by atoms with E-state index in [1.165, 1.54) is 18.6 Å². The minimum Gasteiger partial charge on any atom is -0.319 e. The van der Waals surface area contributed by atoms with Gasteiger partial charge >= 0.3 is 6.18 Å². The van der Waals surface area contributed by atoms with Crippen molar-refractivity contribution in [3.8, 4) is 0 Å². The van der Waals surface area contributed by atoms with Crippen LogP contribution >= 0.6 is 0 Å². The molecule has 3 aliphatic rings. The Labute approximate surface area is 174 Å². The van der Waals surface area contributed by atoms with Crippen molar-refractivity contribution in [1.29, 1.82) is 0 Å². The molecular formula is C21H29F3N6. The van der Waals surface area contributed by atoms with Crippen LogP contribution in [0.5, 0.6) is 0 Å². The first-order valence-corrected chi connectivity index (χ1v) is 10.7. The highest BCUT2D eigenvalue weighted by Gasteiger charge is 2.43. The Morgan fingerprint density at radius 3 is 2.37 bits per heavy atom. The lowest BCUT2D eigenvalue weighted by molar-refractivity contribution is -0.141. The average molecular weight is 422 g/mol. The van der Waals surface area contributed by atoms with Gasteiger partial charge in [-0.05, 0) is 56.6 Å². The molecule has 4 N–H and O–H groups in total. The Bertz CT molecular complexity index is 843. The van der Waals surface area contributed by atoms with E-state index < -0.39 is 17.7 Å².